The number of ether oxygens (including phenoxy) is 1. The molecule has 1 N–H and O–H groups in total. The molecule has 5 nitrogen and oxygen atoms in total. The lowest BCUT2D eigenvalue weighted by Gasteiger charge is -2.58. The summed E-state index contributed by atoms with van der Waals surface area (Å²) in [5.41, 5.74) is -0.704. The topological polar surface area (TPSA) is 72.5 Å². The van der Waals surface area contributed by atoms with Crippen LogP contribution in [0.5, 0.6) is 0 Å². The Kier molecular flexibility index (Phi) is 5.26. The van der Waals surface area contributed by atoms with Gasteiger partial charge < -0.3 is 10.1 Å². The molecule has 0 aliphatic heterocycles. The molecule has 1 amide bonds. The van der Waals surface area contributed by atoms with Gasteiger partial charge in [0, 0.05) is 16.4 Å². The van der Waals surface area contributed by atoms with Gasteiger partial charge in [0.15, 0.2) is 11.9 Å². The second kappa shape index (κ2) is 7.31. The molecule has 3 saturated carbocycles. The van der Waals surface area contributed by atoms with Gasteiger partial charge in [0.25, 0.3) is 0 Å². The monoisotopic (exact) mass is 427 g/mol. The molecule has 0 bridgehead atoms. The average molecular weight is 428 g/mol. The smallest absolute Gasteiger partial charge is 0.408 e. The van der Waals surface area contributed by atoms with Crippen molar-refractivity contribution in [2.24, 2.45) is 28.6 Å². The van der Waals surface area contributed by atoms with Crippen LogP contribution in [0.2, 0.25) is 0 Å². The normalized spacial score (nSPS) is 41.3. The third-order valence-corrected chi connectivity index (χ3v) is 8.98. The van der Waals surface area contributed by atoms with E-state index < -0.39 is 28.4 Å². The van der Waals surface area contributed by atoms with Crippen LogP contribution in [0.15, 0.2) is 23.8 Å². The lowest BCUT2D eigenvalue weighted by atomic mass is 9.47. The predicted octanol–water partition coefficient (Wildman–Crippen LogP) is 5.15. The van der Waals surface area contributed by atoms with Gasteiger partial charge in [0.1, 0.15) is 0 Å². The first-order valence-corrected chi connectivity index (χ1v) is 11.8. The predicted molar refractivity (Wildman–Crippen MR) is 119 cm³/mol. The Morgan fingerprint density at radius 3 is 2.52 bits per heavy atom. The molecule has 0 saturated heterocycles. The molecule has 4 aliphatic carbocycles. The van der Waals surface area contributed by atoms with Gasteiger partial charge in [-0.05, 0) is 83.5 Å². The summed E-state index contributed by atoms with van der Waals surface area (Å²) >= 11 is 0. The molecule has 0 aromatic carbocycles. The van der Waals surface area contributed by atoms with E-state index in [1.165, 1.54) is 0 Å². The van der Waals surface area contributed by atoms with Crippen LogP contribution in [0.25, 0.3) is 0 Å². The van der Waals surface area contributed by atoms with Crippen molar-refractivity contribution in [3.63, 3.8) is 0 Å². The van der Waals surface area contributed by atoms with E-state index in [4.69, 9.17) is 4.74 Å². The van der Waals surface area contributed by atoms with Crippen molar-refractivity contribution in [3.8, 4) is 0 Å². The zero-order chi connectivity index (χ0) is 22.7. The number of fused-ring (bicyclic) bond motifs is 5. The van der Waals surface area contributed by atoms with Crippen LogP contribution in [-0.2, 0) is 14.3 Å². The van der Waals surface area contributed by atoms with Gasteiger partial charge in [-0.2, -0.15) is 0 Å². The van der Waals surface area contributed by atoms with Crippen molar-refractivity contribution < 1.29 is 19.1 Å². The Morgan fingerprint density at radius 1 is 1.13 bits per heavy atom. The summed E-state index contributed by atoms with van der Waals surface area (Å²) < 4.78 is 5.96. The lowest BCUT2D eigenvalue weighted by molar-refractivity contribution is -0.162. The molecule has 31 heavy (non-hydrogen) atoms. The number of carbonyl (C=O) groups excluding carboxylic acids is 3. The number of hydrogen-bond donors (Lipinski definition) is 1. The summed E-state index contributed by atoms with van der Waals surface area (Å²) in [6.45, 7) is 10.1. The number of hydrogen-bond acceptors (Lipinski definition) is 4. The summed E-state index contributed by atoms with van der Waals surface area (Å²) in [5, 5.41) is 2.82. The van der Waals surface area contributed by atoms with E-state index >= 15 is 0 Å². The van der Waals surface area contributed by atoms with Gasteiger partial charge in [0.2, 0.25) is 5.78 Å². The minimum atomic E-state index is -1.36. The quantitative estimate of drug-likeness (QED) is 0.384. The maximum atomic E-state index is 13.1. The van der Waals surface area contributed by atoms with E-state index in [1.807, 2.05) is 20.8 Å². The Hall–Kier alpha value is -1.91. The highest BCUT2D eigenvalue weighted by Gasteiger charge is 2.68. The van der Waals surface area contributed by atoms with E-state index in [-0.39, 0.29) is 11.3 Å². The Balaban J connectivity index is 1.67. The number of allylic oxidation sites excluding steroid dienone is 4. The zero-order valence-electron chi connectivity index (χ0n) is 19.6. The average Bonchev–Trinajstić information content (AvgIpc) is 2.98. The number of carbonyl (C=O) groups is 3. The van der Waals surface area contributed by atoms with E-state index in [9.17, 15) is 14.4 Å². The van der Waals surface area contributed by atoms with Gasteiger partial charge in [-0.25, -0.2) is 4.79 Å². The van der Waals surface area contributed by atoms with Crippen molar-refractivity contribution in [2.75, 3.05) is 0 Å². The fourth-order valence-electron chi connectivity index (χ4n) is 7.55. The largest absolute Gasteiger partial charge is 0.434 e. The van der Waals surface area contributed by atoms with E-state index in [2.05, 4.69) is 37.4 Å². The fourth-order valence-corrected chi connectivity index (χ4v) is 7.55. The van der Waals surface area contributed by atoms with Crippen LogP contribution in [0.1, 0.15) is 79.6 Å². The van der Waals surface area contributed by atoms with Crippen molar-refractivity contribution in [1.29, 1.82) is 0 Å². The molecule has 6 atom stereocenters. The maximum Gasteiger partial charge on any atom is 0.408 e. The molecule has 170 valence electrons. The van der Waals surface area contributed by atoms with E-state index in [1.54, 1.807) is 5.57 Å². The van der Waals surface area contributed by atoms with Crippen molar-refractivity contribution >= 4 is 18.2 Å². The minimum Gasteiger partial charge on any atom is -0.434 e. The summed E-state index contributed by atoms with van der Waals surface area (Å²) in [6, 6.07) is 0. The number of Topliss-reactive ketones (excluding diaryl/α,β-unsaturated/α-hetero) is 1. The van der Waals surface area contributed by atoms with Crippen LogP contribution >= 0.6 is 0 Å². The number of alkyl carbamates (subject to hydrolysis) is 1. The molecule has 3 fully saturated rings. The molecule has 4 aliphatic rings. The Bertz CT molecular complexity index is 852. The minimum absolute atomic E-state index is 0.0902. The van der Waals surface area contributed by atoms with Crippen LogP contribution in [0, 0.1) is 28.6 Å². The number of nitrogens with one attached hydrogen (secondary N) is 1. The van der Waals surface area contributed by atoms with Crippen molar-refractivity contribution in [1.82, 2.24) is 5.32 Å². The fraction of sp³-hybridized carbons (Fsp3) is 0.731. The maximum absolute atomic E-state index is 13.1. The molecule has 5 heteroatoms. The first-order chi connectivity index (χ1) is 14.5. The molecule has 0 heterocycles. The van der Waals surface area contributed by atoms with Crippen LogP contribution in [-0.4, -0.2) is 29.3 Å². The highest BCUT2D eigenvalue weighted by Crippen LogP contribution is 2.67. The molecule has 0 aromatic heterocycles. The van der Waals surface area contributed by atoms with Crippen LogP contribution in [0.3, 0.4) is 0 Å². The molecule has 0 aromatic rings. The van der Waals surface area contributed by atoms with Crippen LogP contribution < -0.4 is 5.32 Å². The summed E-state index contributed by atoms with van der Waals surface area (Å²) in [5.74, 6) is 0.693. The first kappa shape index (κ1) is 22.3. The second-order valence-electron chi connectivity index (χ2n) is 11.6. The van der Waals surface area contributed by atoms with Crippen LogP contribution in [0.4, 0.5) is 4.79 Å². The molecule has 0 spiro atoms. The van der Waals surface area contributed by atoms with Gasteiger partial charge in [0.05, 0.1) is 0 Å². The van der Waals surface area contributed by atoms with Gasteiger partial charge in [-0.3, -0.25) is 9.59 Å². The third-order valence-electron chi connectivity index (χ3n) is 8.98. The molecular formula is C26H37NO4. The molecule has 0 radical (unpaired) electrons. The molecule has 0 unspecified atom stereocenters. The third kappa shape index (κ3) is 3.30. The van der Waals surface area contributed by atoms with Crippen molar-refractivity contribution in [2.45, 2.75) is 90.7 Å². The lowest BCUT2D eigenvalue weighted by Crippen LogP contribution is -2.60. The zero-order valence-corrected chi connectivity index (χ0v) is 19.6. The number of rotatable bonds is 3. The van der Waals surface area contributed by atoms with Gasteiger partial charge in [-0.15, -0.1) is 0 Å². The standard InChI is InChI=1S/C26H37NO4/c1-23(2,3)27-22(30)31-26(21(29)16-28)15-12-20-18-10-9-17-8-6-7-13-24(17,4)19(18)11-14-25(20,26)5/h7-8,13,16,18-20H,6,9-12,14-15H2,1-5H3,(H,27,30)/t18-,19+,20+,24+,25+,26+/m1/s1. The summed E-state index contributed by atoms with van der Waals surface area (Å²) in [6.07, 6.45) is 13.1. The Morgan fingerprint density at radius 2 is 1.84 bits per heavy atom. The highest BCUT2D eigenvalue weighted by atomic mass is 16.6. The number of aldehydes is 1. The highest BCUT2D eigenvalue weighted by molar-refractivity contribution is 6.29. The SMILES string of the molecule is CC(C)(C)NC(=O)O[C@]1(C(=O)C=O)CC[C@H]2[C@@H]3CCC4=CCC=C[C@]4(C)[C@H]3CC[C@@]21C. The molecule has 4 rings (SSSR count). The second-order valence-corrected chi connectivity index (χ2v) is 11.6. The van der Waals surface area contributed by atoms with E-state index in [0.717, 1.165) is 38.5 Å². The van der Waals surface area contributed by atoms with Gasteiger partial charge in [-0.1, -0.05) is 37.6 Å². The number of amides is 1. The van der Waals surface area contributed by atoms with Crippen molar-refractivity contribution in [3.05, 3.63) is 23.8 Å². The summed E-state index contributed by atoms with van der Waals surface area (Å²) in [7, 11) is 0. The van der Waals surface area contributed by atoms with Gasteiger partial charge >= 0.3 is 6.09 Å². The Labute approximate surface area is 186 Å². The molecular weight excluding hydrogens is 390 g/mol. The first-order valence-electron chi connectivity index (χ1n) is 11.8. The number of ketones is 1. The summed E-state index contributed by atoms with van der Waals surface area (Å²) in [4.78, 5) is 37.5. The van der Waals surface area contributed by atoms with E-state index in [0.29, 0.717) is 24.5 Å².